The molecule has 1 aliphatic rings. The third-order valence-electron chi connectivity index (χ3n) is 3.37. The van der Waals surface area contributed by atoms with Crippen LogP contribution < -0.4 is 11.1 Å². The second kappa shape index (κ2) is 5.99. The number of rotatable bonds is 3. The second-order valence-electron chi connectivity index (χ2n) is 4.70. The van der Waals surface area contributed by atoms with Crippen molar-refractivity contribution < 1.29 is 9.53 Å². The summed E-state index contributed by atoms with van der Waals surface area (Å²) in [5.74, 6) is -0.188. The number of carbonyl (C=O) groups is 1. The molecule has 0 bridgehead atoms. The van der Waals surface area contributed by atoms with E-state index in [0.717, 1.165) is 19.3 Å². The maximum absolute atomic E-state index is 12.1. The zero-order chi connectivity index (χ0) is 14.0. The summed E-state index contributed by atoms with van der Waals surface area (Å²) in [7, 11) is 1.69. The smallest absolute Gasteiger partial charge is 0.251 e. The Hall–Kier alpha value is -0.970. The first-order valence-electron chi connectivity index (χ1n) is 6.09. The zero-order valence-electron chi connectivity index (χ0n) is 10.6. The predicted molar refractivity (Wildman–Crippen MR) is 76.8 cm³/mol. The largest absolute Gasteiger partial charge is 0.397 e. The monoisotopic (exact) mass is 302 g/mol. The van der Waals surface area contributed by atoms with E-state index in [2.05, 4.69) is 5.32 Å². The van der Waals surface area contributed by atoms with Gasteiger partial charge in [-0.1, -0.05) is 23.2 Å². The number of ether oxygens (including phenoxy) is 1. The fourth-order valence-corrected chi connectivity index (χ4v) is 2.63. The third kappa shape index (κ3) is 3.32. The van der Waals surface area contributed by atoms with E-state index in [9.17, 15) is 4.79 Å². The topological polar surface area (TPSA) is 64.3 Å². The summed E-state index contributed by atoms with van der Waals surface area (Å²) in [5, 5.41) is 3.52. The standard InChI is InChI=1S/C13H16Cl2N2O2/c1-19-9-3-2-8(6-9)17-13(18)7-4-10(14)12(15)11(16)5-7/h4-5,8-9H,2-3,6,16H2,1H3,(H,17,18). The number of benzene rings is 1. The molecule has 1 aliphatic carbocycles. The minimum atomic E-state index is -0.188. The summed E-state index contributed by atoms with van der Waals surface area (Å²) in [5.41, 5.74) is 6.42. The lowest BCUT2D eigenvalue weighted by Crippen LogP contribution is -2.33. The van der Waals surface area contributed by atoms with E-state index in [1.807, 2.05) is 0 Å². The lowest BCUT2D eigenvalue weighted by molar-refractivity contribution is 0.0915. The summed E-state index contributed by atoms with van der Waals surface area (Å²) in [6.45, 7) is 0. The van der Waals surface area contributed by atoms with Crippen molar-refractivity contribution in [1.82, 2.24) is 5.32 Å². The van der Waals surface area contributed by atoms with Gasteiger partial charge in [-0.2, -0.15) is 0 Å². The Morgan fingerprint density at radius 3 is 2.74 bits per heavy atom. The van der Waals surface area contributed by atoms with Crippen molar-refractivity contribution in [2.45, 2.75) is 31.4 Å². The van der Waals surface area contributed by atoms with Crippen LogP contribution in [0.15, 0.2) is 12.1 Å². The highest BCUT2D eigenvalue weighted by atomic mass is 35.5. The van der Waals surface area contributed by atoms with Crippen molar-refractivity contribution in [3.05, 3.63) is 27.7 Å². The van der Waals surface area contributed by atoms with E-state index in [4.69, 9.17) is 33.7 Å². The van der Waals surface area contributed by atoms with Gasteiger partial charge in [0.05, 0.1) is 21.8 Å². The summed E-state index contributed by atoms with van der Waals surface area (Å²) in [6.07, 6.45) is 2.94. The normalized spacial score (nSPS) is 22.5. The Kier molecular flexibility index (Phi) is 4.55. The van der Waals surface area contributed by atoms with Crippen LogP contribution in [-0.2, 0) is 4.74 Å². The summed E-state index contributed by atoms with van der Waals surface area (Å²) in [4.78, 5) is 12.1. The molecule has 0 spiro atoms. The number of halogens is 2. The molecule has 0 saturated heterocycles. The molecule has 3 N–H and O–H groups in total. The third-order valence-corrected chi connectivity index (χ3v) is 4.19. The van der Waals surface area contributed by atoms with Gasteiger partial charge in [0.2, 0.25) is 0 Å². The van der Waals surface area contributed by atoms with Gasteiger partial charge < -0.3 is 15.8 Å². The number of amides is 1. The Bertz CT molecular complexity index is 471. The Morgan fingerprint density at radius 2 is 2.16 bits per heavy atom. The van der Waals surface area contributed by atoms with E-state index in [1.54, 1.807) is 7.11 Å². The SMILES string of the molecule is COC1CCC(NC(=O)c2cc(N)c(Cl)c(Cl)c2)C1. The molecule has 1 aromatic rings. The van der Waals surface area contributed by atoms with Gasteiger partial charge in [0.15, 0.2) is 0 Å². The molecule has 0 heterocycles. The molecule has 4 nitrogen and oxygen atoms in total. The van der Waals surface area contributed by atoms with Crippen molar-refractivity contribution in [3.63, 3.8) is 0 Å². The van der Waals surface area contributed by atoms with Gasteiger partial charge in [0.1, 0.15) is 0 Å². The van der Waals surface area contributed by atoms with Crippen molar-refractivity contribution in [3.8, 4) is 0 Å². The Labute approximate surface area is 122 Å². The minimum Gasteiger partial charge on any atom is -0.397 e. The molecule has 2 atom stereocenters. The molecule has 19 heavy (non-hydrogen) atoms. The van der Waals surface area contributed by atoms with E-state index in [0.29, 0.717) is 11.3 Å². The van der Waals surface area contributed by atoms with Crippen molar-refractivity contribution >= 4 is 34.8 Å². The van der Waals surface area contributed by atoms with Crippen LogP contribution in [0.1, 0.15) is 29.6 Å². The number of methoxy groups -OCH3 is 1. The molecular weight excluding hydrogens is 287 g/mol. The van der Waals surface area contributed by atoms with Gasteiger partial charge in [-0.3, -0.25) is 4.79 Å². The first-order valence-corrected chi connectivity index (χ1v) is 6.85. The number of nitrogens with one attached hydrogen (secondary N) is 1. The Balaban J connectivity index is 2.04. The van der Waals surface area contributed by atoms with E-state index in [-0.39, 0.29) is 28.1 Å². The fraction of sp³-hybridized carbons (Fsp3) is 0.462. The molecule has 1 saturated carbocycles. The van der Waals surface area contributed by atoms with Crippen molar-refractivity contribution in [1.29, 1.82) is 0 Å². The summed E-state index contributed by atoms with van der Waals surface area (Å²) >= 11 is 11.8. The van der Waals surface area contributed by atoms with Crippen LogP contribution in [0.2, 0.25) is 10.0 Å². The van der Waals surface area contributed by atoms with Crippen LogP contribution >= 0.6 is 23.2 Å². The van der Waals surface area contributed by atoms with Crippen LogP contribution in [0.4, 0.5) is 5.69 Å². The van der Waals surface area contributed by atoms with E-state index < -0.39 is 0 Å². The average molecular weight is 303 g/mol. The second-order valence-corrected chi connectivity index (χ2v) is 5.49. The molecule has 6 heteroatoms. The molecule has 1 amide bonds. The number of nitrogens with two attached hydrogens (primary N) is 1. The average Bonchev–Trinajstić information content (AvgIpc) is 2.83. The van der Waals surface area contributed by atoms with Crippen molar-refractivity contribution in [2.75, 3.05) is 12.8 Å². The highest BCUT2D eigenvalue weighted by Crippen LogP contribution is 2.29. The van der Waals surface area contributed by atoms with Gasteiger partial charge in [-0.05, 0) is 31.4 Å². The molecule has 2 unspecified atom stereocenters. The van der Waals surface area contributed by atoms with Gasteiger partial charge >= 0.3 is 0 Å². The van der Waals surface area contributed by atoms with E-state index in [1.165, 1.54) is 12.1 Å². The van der Waals surface area contributed by atoms with Gasteiger partial charge in [-0.15, -0.1) is 0 Å². The molecule has 104 valence electrons. The highest BCUT2D eigenvalue weighted by molar-refractivity contribution is 6.43. The minimum absolute atomic E-state index is 0.133. The fourth-order valence-electron chi connectivity index (χ4n) is 2.30. The van der Waals surface area contributed by atoms with Crippen LogP contribution in [0, 0.1) is 0 Å². The number of anilines is 1. The van der Waals surface area contributed by atoms with Crippen LogP contribution in [0.3, 0.4) is 0 Å². The van der Waals surface area contributed by atoms with Crippen molar-refractivity contribution in [2.24, 2.45) is 0 Å². The van der Waals surface area contributed by atoms with E-state index >= 15 is 0 Å². The summed E-state index contributed by atoms with van der Waals surface area (Å²) < 4.78 is 5.27. The molecule has 0 aliphatic heterocycles. The van der Waals surface area contributed by atoms with Gasteiger partial charge in [0.25, 0.3) is 5.91 Å². The number of nitrogen functional groups attached to an aromatic ring is 1. The maximum atomic E-state index is 12.1. The lowest BCUT2D eigenvalue weighted by Gasteiger charge is -2.13. The quantitative estimate of drug-likeness (QED) is 0.844. The maximum Gasteiger partial charge on any atom is 0.251 e. The Morgan fingerprint density at radius 1 is 1.42 bits per heavy atom. The number of carbonyl (C=O) groups excluding carboxylic acids is 1. The molecule has 1 aromatic carbocycles. The molecule has 0 aromatic heterocycles. The van der Waals surface area contributed by atoms with Gasteiger partial charge in [0, 0.05) is 18.7 Å². The van der Waals surface area contributed by atoms with Gasteiger partial charge in [-0.25, -0.2) is 0 Å². The van der Waals surface area contributed by atoms with Crippen LogP contribution in [0.5, 0.6) is 0 Å². The number of hydrogen-bond donors (Lipinski definition) is 2. The molecule has 0 radical (unpaired) electrons. The summed E-state index contributed by atoms with van der Waals surface area (Å²) in [6, 6.07) is 3.19. The van der Waals surface area contributed by atoms with Crippen LogP contribution in [-0.4, -0.2) is 25.2 Å². The first-order chi connectivity index (χ1) is 9.01. The predicted octanol–water partition coefficient (Wildman–Crippen LogP) is 2.87. The first kappa shape index (κ1) is 14.4. The molecule has 1 fully saturated rings. The lowest BCUT2D eigenvalue weighted by atomic mass is 10.1. The number of hydrogen-bond acceptors (Lipinski definition) is 3. The molecule has 2 rings (SSSR count). The zero-order valence-corrected chi connectivity index (χ0v) is 12.1. The highest BCUT2D eigenvalue weighted by Gasteiger charge is 2.26. The van der Waals surface area contributed by atoms with Crippen LogP contribution in [0.25, 0.3) is 0 Å². The molecular formula is C13H16Cl2N2O2.